The average molecular weight is 568 g/mol. The maximum Gasteiger partial charge on any atom is 0.273 e. The fraction of sp³-hybridized carbons (Fsp3) is 0.357. The first-order valence-corrected chi connectivity index (χ1v) is 13.6. The molecule has 0 spiro atoms. The molecule has 3 amide bonds. The van der Waals surface area contributed by atoms with E-state index in [0.29, 0.717) is 22.7 Å². The Kier molecular flexibility index (Phi) is 9.10. The molecule has 1 aliphatic carbocycles. The molecular weight excluding hydrogens is 534 g/mol. The van der Waals surface area contributed by atoms with E-state index in [4.69, 9.17) is 25.7 Å². The highest BCUT2D eigenvalue weighted by Crippen LogP contribution is 2.40. The number of benzene rings is 2. The summed E-state index contributed by atoms with van der Waals surface area (Å²) in [5, 5.41) is 3.15. The molecule has 0 unspecified atom stereocenters. The number of nitrogens with one attached hydrogen (secondary N) is 1. The van der Waals surface area contributed by atoms with Gasteiger partial charge in [-0.1, -0.05) is 31.4 Å². The monoisotopic (exact) mass is 567 g/mol. The second kappa shape index (κ2) is 12.7. The summed E-state index contributed by atoms with van der Waals surface area (Å²) >= 11 is 0.739. The van der Waals surface area contributed by atoms with E-state index >= 15 is 0 Å². The van der Waals surface area contributed by atoms with E-state index in [1.165, 1.54) is 19.1 Å². The van der Waals surface area contributed by atoms with E-state index in [1.54, 1.807) is 49.6 Å². The number of ether oxygens (including phenoxy) is 3. The molecule has 1 atom stereocenters. The van der Waals surface area contributed by atoms with E-state index in [-0.39, 0.29) is 34.0 Å². The highest BCUT2D eigenvalue weighted by molar-refractivity contribution is 7.09. The van der Waals surface area contributed by atoms with Gasteiger partial charge in [-0.05, 0) is 54.2 Å². The lowest BCUT2D eigenvalue weighted by Crippen LogP contribution is -2.47. The molecule has 3 aromatic rings. The van der Waals surface area contributed by atoms with Crippen LogP contribution in [0.5, 0.6) is 17.2 Å². The quantitative estimate of drug-likeness (QED) is 0.335. The Hall–Kier alpha value is -4.32. The Morgan fingerprint density at radius 2 is 1.62 bits per heavy atom. The normalized spacial score (nSPS) is 14.2. The first-order valence-electron chi connectivity index (χ1n) is 12.8. The molecule has 4 rings (SSSR count). The number of amides is 3. The summed E-state index contributed by atoms with van der Waals surface area (Å²) in [5.41, 5.74) is 12.0. The fourth-order valence-corrected chi connectivity index (χ4v) is 5.56. The molecule has 0 radical (unpaired) electrons. The second-order valence-corrected chi connectivity index (χ2v) is 10.1. The summed E-state index contributed by atoms with van der Waals surface area (Å²) in [5.74, 6) is -0.507. The van der Waals surface area contributed by atoms with Crippen molar-refractivity contribution in [1.29, 1.82) is 0 Å². The lowest BCUT2D eigenvalue weighted by atomic mass is 9.94. The van der Waals surface area contributed by atoms with Gasteiger partial charge in [0.15, 0.2) is 5.69 Å². The van der Waals surface area contributed by atoms with Gasteiger partial charge in [0.05, 0.1) is 32.7 Å². The molecule has 1 aliphatic rings. The predicted molar refractivity (Wildman–Crippen MR) is 152 cm³/mol. The molecule has 2 aromatic carbocycles. The number of carbonyl (C=O) groups excluding carboxylic acids is 3. The SMILES string of the molecule is COc1ccc([C@H](C(=O)NC2CCCCC2)N(C(=O)c2snc(C(N)=O)c2N)c2ccc(OC)cc2OC)cc1. The number of aromatic nitrogens is 1. The van der Waals surface area contributed by atoms with E-state index in [0.717, 1.165) is 43.6 Å². The van der Waals surface area contributed by atoms with Crippen LogP contribution in [0.3, 0.4) is 0 Å². The number of nitrogens with two attached hydrogens (primary N) is 2. The van der Waals surface area contributed by atoms with Gasteiger partial charge in [0, 0.05) is 12.1 Å². The minimum atomic E-state index is -1.14. The lowest BCUT2D eigenvalue weighted by molar-refractivity contribution is -0.123. The van der Waals surface area contributed by atoms with Crippen molar-refractivity contribution in [3.63, 3.8) is 0 Å². The number of primary amides is 1. The first kappa shape index (κ1) is 28.7. The molecule has 40 heavy (non-hydrogen) atoms. The van der Waals surface area contributed by atoms with Crippen LogP contribution in [0.4, 0.5) is 11.4 Å². The molecule has 1 fully saturated rings. The van der Waals surface area contributed by atoms with E-state index in [9.17, 15) is 14.4 Å². The van der Waals surface area contributed by atoms with Crippen LogP contribution in [0, 0.1) is 0 Å². The second-order valence-electron chi connectivity index (χ2n) is 9.37. The molecule has 1 heterocycles. The molecule has 0 aliphatic heterocycles. The van der Waals surface area contributed by atoms with Gasteiger partial charge in [0.25, 0.3) is 11.8 Å². The van der Waals surface area contributed by atoms with Crippen molar-refractivity contribution in [2.45, 2.75) is 44.2 Å². The molecule has 0 saturated heterocycles. The standard InChI is InChI=1S/C28H33N5O6S/c1-37-18-11-9-16(10-12-18)24(27(35)31-17-7-5-4-6-8-17)33(20-14-13-19(38-2)15-21(20)39-3)28(36)25-22(29)23(26(30)34)32-40-25/h9-15,17,24H,4-8,29H2,1-3H3,(H2,30,34)(H,31,35)/t24-/m1/s1. The largest absolute Gasteiger partial charge is 0.497 e. The van der Waals surface area contributed by atoms with Gasteiger partial charge in [-0.2, -0.15) is 4.37 Å². The van der Waals surface area contributed by atoms with Crippen molar-refractivity contribution in [2.75, 3.05) is 32.0 Å². The summed E-state index contributed by atoms with van der Waals surface area (Å²) in [6.07, 6.45) is 4.85. The van der Waals surface area contributed by atoms with Crippen LogP contribution >= 0.6 is 11.5 Å². The van der Waals surface area contributed by atoms with Crippen LogP contribution in [-0.4, -0.2) is 49.5 Å². The van der Waals surface area contributed by atoms with Crippen LogP contribution in [0.2, 0.25) is 0 Å². The highest BCUT2D eigenvalue weighted by atomic mass is 32.1. The maximum absolute atomic E-state index is 14.3. The Labute approximate surface area is 236 Å². The van der Waals surface area contributed by atoms with E-state index in [2.05, 4.69) is 9.69 Å². The molecule has 1 aromatic heterocycles. The number of rotatable bonds is 10. The average Bonchev–Trinajstić information content (AvgIpc) is 3.37. The van der Waals surface area contributed by atoms with Gasteiger partial charge < -0.3 is 31.0 Å². The molecule has 12 heteroatoms. The highest BCUT2D eigenvalue weighted by Gasteiger charge is 2.38. The molecule has 212 valence electrons. The fourth-order valence-electron chi connectivity index (χ4n) is 4.82. The van der Waals surface area contributed by atoms with Crippen molar-refractivity contribution in [1.82, 2.24) is 9.69 Å². The van der Waals surface area contributed by atoms with Crippen LogP contribution in [0.15, 0.2) is 42.5 Å². The van der Waals surface area contributed by atoms with Gasteiger partial charge in [0.2, 0.25) is 5.91 Å². The molecule has 0 bridgehead atoms. The van der Waals surface area contributed by atoms with Gasteiger partial charge in [-0.15, -0.1) is 0 Å². The van der Waals surface area contributed by atoms with Crippen molar-refractivity contribution in [3.05, 3.63) is 58.6 Å². The van der Waals surface area contributed by atoms with Crippen LogP contribution in [-0.2, 0) is 4.79 Å². The summed E-state index contributed by atoms with van der Waals surface area (Å²) < 4.78 is 20.3. The van der Waals surface area contributed by atoms with Gasteiger partial charge >= 0.3 is 0 Å². The summed E-state index contributed by atoms with van der Waals surface area (Å²) in [4.78, 5) is 41.6. The van der Waals surface area contributed by atoms with Crippen LogP contribution < -0.4 is 35.9 Å². The zero-order chi connectivity index (χ0) is 28.8. The number of hydrogen-bond donors (Lipinski definition) is 3. The Morgan fingerprint density at radius 3 is 2.20 bits per heavy atom. The predicted octanol–water partition coefficient (Wildman–Crippen LogP) is 3.69. The van der Waals surface area contributed by atoms with Crippen molar-refractivity contribution >= 4 is 40.6 Å². The Morgan fingerprint density at radius 1 is 0.975 bits per heavy atom. The molecular formula is C28H33N5O6S. The zero-order valence-electron chi connectivity index (χ0n) is 22.6. The number of nitrogens with zero attached hydrogens (tertiary/aromatic N) is 2. The lowest BCUT2D eigenvalue weighted by Gasteiger charge is -2.34. The number of anilines is 2. The Bertz CT molecular complexity index is 1370. The number of nitrogen functional groups attached to an aromatic ring is 1. The summed E-state index contributed by atoms with van der Waals surface area (Å²) in [7, 11) is 4.51. The van der Waals surface area contributed by atoms with Gasteiger partial charge in [0.1, 0.15) is 28.2 Å². The summed E-state index contributed by atoms with van der Waals surface area (Å²) in [6, 6.07) is 10.6. The van der Waals surface area contributed by atoms with Gasteiger partial charge in [-0.3, -0.25) is 19.3 Å². The molecule has 1 saturated carbocycles. The summed E-state index contributed by atoms with van der Waals surface area (Å²) in [6.45, 7) is 0. The number of hydrogen-bond acceptors (Lipinski definition) is 9. The van der Waals surface area contributed by atoms with Crippen molar-refractivity contribution in [3.8, 4) is 17.2 Å². The molecule has 5 N–H and O–H groups in total. The molecule has 11 nitrogen and oxygen atoms in total. The zero-order valence-corrected chi connectivity index (χ0v) is 23.5. The number of carbonyl (C=O) groups is 3. The van der Waals surface area contributed by atoms with Crippen molar-refractivity contribution < 1.29 is 28.6 Å². The third kappa shape index (κ3) is 5.96. The van der Waals surface area contributed by atoms with Crippen molar-refractivity contribution in [2.24, 2.45) is 5.73 Å². The first-order chi connectivity index (χ1) is 19.3. The van der Waals surface area contributed by atoms with E-state index in [1.807, 2.05) is 0 Å². The number of methoxy groups -OCH3 is 3. The Balaban J connectivity index is 1.90. The minimum Gasteiger partial charge on any atom is -0.497 e. The topological polar surface area (TPSA) is 159 Å². The minimum absolute atomic E-state index is 0.0216. The van der Waals surface area contributed by atoms with E-state index < -0.39 is 17.9 Å². The van der Waals surface area contributed by atoms with Crippen LogP contribution in [0.1, 0.15) is 63.9 Å². The van der Waals surface area contributed by atoms with Crippen LogP contribution in [0.25, 0.3) is 0 Å². The third-order valence-electron chi connectivity index (χ3n) is 6.91. The maximum atomic E-state index is 14.3. The smallest absolute Gasteiger partial charge is 0.273 e. The van der Waals surface area contributed by atoms with Gasteiger partial charge in [-0.25, -0.2) is 0 Å². The third-order valence-corrected chi connectivity index (χ3v) is 7.76.